The lowest BCUT2D eigenvalue weighted by atomic mass is 10.0. The predicted molar refractivity (Wildman–Crippen MR) is 96.2 cm³/mol. The highest BCUT2D eigenvalue weighted by Gasteiger charge is 2.12. The number of azide groups is 1. The number of allylic oxidation sites excluding steroid dienone is 1. The lowest BCUT2D eigenvalue weighted by Crippen LogP contribution is -2.25. The topological polar surface area (TPSA) is 89.2 Å². The monoisotopic (exact) mass is 325 g/mol. The van der Waals surface area contributed by atoms with Gasteiger partial charge in [-0.25, -0.2) is 0 Å². The molecule has 5 nitrogen and oxygen atoms in total. The van der Waals surface area contributed by atoms with Crippen molar-refractivity contribution in [2.45, 2.75) is 96.1 Å². The Kier molecular flexibility index (Phi) is 16.5. The molecule has 0 aliphatic rings. The molecule has 5 heteroatoms. The van der Waals surface area contributed by atoms with Crippen LogP contribution in [-0.2, 0) is 0 Å². The molecule has 0 rings (SSSR count). The SMILES string of the molecule is CCCCCCCCCCCCC/C=C/[C@H](O)[C@H](CO)N=[N+]=[N-]. The first-order valence-electron chi connectivity index (χ1n) is 9.26. The van der Waals surface area contributed by atoms with Gasteiger partial charge in [-0.1, -0.05) is 88.4 Å². The molecule has 0 aromatic heterocycles. The summed E-state index contributed by atoms with van der Waals surface area (Å²) in [6.45, 7) is 1.91. The van der Waals surface area contributed by atoms with E-state index in [0.29, 0.717) is 0 Å². The van der Waals surface area contributed by atoms with Gasteiger partial charge in [0.2, 0.25) is 0 Å². The largest absolute Gasteiger partial charge is 0.396 e. The van der Waals surface area contributed by atoms with Crippen molar-refractivity contribution >= 4 is 0 Å². The minimum Gasteiger partial charge on any atom is -0.396 e. The molecule has 0 unspecified atom stereocenters. The molecular formula is C18H35N3O2. The van der Waals surface area contributed by atoms with Crippen LogP contribution < -0.4 is 0 Å². The Morgan fingerprint density at radius 2 is 1.48 bits per heavy atom. The van der Waals surface area contributed by atoms with Gasteiger partial charge in [0, 0.05) is 4.91 Å². The molecule has 2 atom stereocenters. The van der Waals surface area contributed by atoms with E-state index in [-0.39, 0.29) is 6.61 Å². The third-order valence-electron chi connectivity index (χ3n) is 4.09. The lowest BCUT2D eigenvalue weighted by molar-refractivity contribution is 0.144. The van der Waals surface area contributed by atoms with Gasteiger partial charge in [0.15, 0.2) is 0 Å². The Morgan fingerprint density at radius 1 is 0.957 bits per heavy atom. The summed E-state index contributed by atoms with van der Waals surface area (Å²) in [5.74, 6) is 0. The number of aliphatic hydroxyl groups is 2. The van der Waals surface area contributed by atoms with Gasteiger partial charge in [-0.05, 0) is 18.4 Å². The van der Waals surface area contributed by atoms with Crippen LogP contribution in [0.4, 0.5) is 0 Å². The van der Waals surface area contributed by atoms with E-state index in [1.165, 1.54) is 64.2 Å². The fraction of sp³-hybridized carbons (Fsp3) is 0.889. The normalized spacial score (nSPS) is 13.9. The molecule has 0 fully saturated rings. The van der Waals surface area contributed by atoms with Gasteiger partial charge in [0.25, 0.3) is 0 Å². The second kappa shape index (κ2) is 17.3. The van der Waals surface area contributed by atoms with Gasteiger partial charge in [-0.2, -0.15) is 0 Å². The van der Waals surface area contributed by atoms with Crippen molar-refractivity contribution in [1.82, 2.24) is 0 Å². The number of aliphatic hydroxyl groups excluding tert-OH is 2. The molecule has 0 aliphatic carbocycles. The molecule has 0 amide bonds. The van der Waals surface area contributed by atoms with Crippen molar-refractivity contribution in [3.8, 4) is 0 Å². The smallest absolute Gasteiger partial charge is 0.0900 e. The van der Waals surface area contributed by atoms with Crippen molar-refractivity contribution in [2.75, 3.05) is 6.61 Å². The van der Waals surface area contributed by atoms with Crippen molar-refractivity contribution in [3.63, 3.8) is 0 Å². The van der Waals surface area contributed by atoms with E-state index in [9.17, 15) is 5.11 Å². The van der Waals surface area contributed by atoms with Gasteiger partial charge in [0.1, 0.15) is 0 Å². The Bertz CT molecular complexity index is 328. The van der Waals surface area contributed by atoms with E-state index in [1.807, 2.05) is 6.08 Å². The molecule has 0 aromatic carbocycles. The first-order valence-corrected chi connectivity index (χ1v) is 9.26. The molecule has 2 N–H and O–H groups in total. The number of unbranched alkanes of at least 4 members (excludes halogenated alkanes) is 11. The standard InChI is InChI=1S/C18H35N3O2/c1-2-3-4-5-6-7-8-9-10-11-12-13-14-15-18(23)17(16-22)20-21-19/h14-15,17-18,22-23H,2-13,16H2,1H3/b15-14+/t17-,18-/m0/s1. The minimum atomic E-state index is -0.899. The lowest BCUT2D eigenvalue weighted by Gasteiger charge is -2.11. The van der Waals surface area contributed by atoms with E-state index in [2.05, 4.69) is 16.9 Å². The van der Waals surface area contributed by atoms with Gasteiger partial charge >= 0.3 is 0 Å². The molecular weight excluding hydrogens is 290 g/mol. The van der Waals surface area contributed by atoms with Crippen molar-refractivity contribution < 1.29 is 10.2 Å². The summed E-state index contributed by atoms with van der Waals surface area (Å²) in [5, 5.41) is 22.0. The fourth-order valence-corrected chi connectivity index (χ4v) is 2.57. The Morgan fingerprint density at radius 3 is 1.96 bits per heavy atom. The van der Waals surface area contributed by atoms with Crippen molar-refractivity contribution in [2.24, 2.45) is 5.11 Å². The average Bonchev–Trinajstić information content (AvgIpc) is 2.56. The molecule has 0 aromatic rings. The summed E-state index contributed by atoms with van der Waals surface area (Å²) < 4.78 is 0. The summed E-state index contributed by atoms with van der Waals surface area (Å²) in [5.41, 5.74) is 8.31. The molecule has 0 spiro atoms. The van der Waals surface area contributed by atoms with Crippen LogP contribution in [-0.4, -0.2) is 29.0 Å². The average molecular weight is 325 g/mol. The van der Waals surface area contributed by atoms with Crippen LogP contribution >= 0.6 is 0 Å². The molecule has 0 bridgehead atoms. The second-order valence-corrected chi connectivity index (χ2v) is 6.20. The Labute approximate surface area is 141 Å². The third kappa shape index (κ3) is 14.3. The van der Waals surface area contributed by atoms with E-state index in [0.717, 1.165) is 12.8 Å². The van der Waals surface area contributed by atoms with E-state index in [1.54, 1.807) is 6.08 Å². The van der Waals surface area contributed by atoms with Crippen LogP contribution in [0, 0.1) is 0 Å². The van der Waals surface area contributed by atoms with Gasteiger partial charge in [-0.15, -0.1) is 0 Å². The fourth-order valence-electron chi connectivity index (χ4n) is 2.57. The predicted octanol–water partition coefficient (Wildman–Crippen LogP) is 5.28. The second-order valence-electron chi connectivity index (χ2n) is 6.20. The third-order valence-corrected chi connectivity index (χ3v) is 4.09. The maximum Gasteiger partial charge on any atom is 0.0900 e. The quantitative estimate of drug-likeness (QED) is 0.133. The van der Waals surface area contributed by atoms with Gasteiger partial charge in [0.05, 0.1) is 18.8 Å². The zero-order valence-electron chi connectivity index (χ0n) is 14.7. The Hall–Kier alpha value is -1.03. The van der Waals surface area contributed by atoms with Crippen LogP contribution in [0.2, 0.25) is 0 Å². The van der Waals surface area contributed by atoms with Crippen LogP contribution in [0.3, 0.4) is 0 Å². The summed E-state index contributed by atoms with van der Waals surface area (Å²) in [6.07, 6.45) is 18.1. The molecule has 0 saturated carbocycles. The molecule has 0 saturated heterocycles. The van der Waals surface area contributed by atoms with E-state index < -0.39 is 12.1 Å². The zero-order valence-corrected chi connectivity index (χ0v) is 14.7. The summed E-state index contributed by atoms with van der Waals surface area (Å²) in [4.78, 5) is 2.61. The molecule has 134 valence electrons. The highest BCUT2D eigenvalue weighted by atomic mass is 16.3. The Balaban J connectivity index is 3.41. The summed E-state index contributed by atoms with van der Waals surface area (Å²) >= 11 is 0. The molecule has 0 aliphatic heterocycles. The number of rotatable bonds is 16. The number of hydrogen-bond donors (Lipinski definition) is 2. The first kappa shape index (κ1) is 22.0. The summed E-state index contributed by atoms with van der Waals surface area (Å²) in [7, 11) is 0. The van der Waals surface area contributed by atoms with Crippen molar-refractivity contribution in [3.05, 3.63) is 22.6 Å². The zero-order chi connectivity index (χ0) is 17.2. The number of hydrogen-bond acceptors (Lipinski definition) is 3. The summed E-state index contributed by atoms with van der Waals surface area (Å²) in [6, 6.07) is -0.784. The molecule has 0 radical (unpaired) electrons. The maximum atomic E-state index is 9.71. The van der Waals surface area contributed by atoms with Crippen LogP contribution in [0.25, 0.3) is 10.4 Å². The highest BCUT2D eigenvalue weighted by molar-refractivity contribution is 4.95. The van der Waals surface area contributed by atoms with Crippen LogP contribution in [0.15, 0.2) is 17.3 Å². The van der Waals surface area contributed by atoms with Gasteiger partial charge in [-0.3, -0.25) is 0 Å². The molecule has 23 heavy (non-hydrogen) atoms. The van der Waals surface area contributed by atoms with Crippen LogP contribution in [0.5, 0.6) is 0 Å². The minimum absolute atomic E-state index is 0.339. The van der Waals surface area contributed by atoms with E-state index >= 15 is 0 Å². The maximum absolute atomic E-state index is 9.71. The first-order chi connectivity index (χ1) is 11.3. The van der Waals surface area contributed by atoms with Gasteiger partial charge < -0.3 is 10.2 Å². The number of nitrogens with zero attached hydrogens (tertiary/aromatic N) is 3. The molecule has 0 heterocycles. The highest BCUT2D eigenvalue weighted by Crippen LogP contribution is 2.12. The van der Waals surface area contributed by atoms with Crippen molar-refractivity contribution in [1.29, 1.82) is 0 Å². The van der Waals surface area contributed by atoms with E-state index in [4.69, 9.17) is 10.6 Å². The van der Waals surface area contributed by atoms with Crippen LogP contribution in [0.1, 0.15) is 84.0 Å².